The van der Waals surface area contributed by atoms with Crippen LogP contribution in [-0.2, 0) is 9.59 Å². The molecule has 0 spiro atoms. The fourth-order valence-electron chi connectivity index (χ4n) is 1.45. The predicted octanol–water partition coefficient (Wildman–Crippen LogP) is 1.99. The number of rotatable bonds is 5. The topological polar surface area (TPSA) is 46.2 Å². The third-order valence-corrected chi connectivity index (χ3v) is 2.84. The molecular formula is C13H19NO2. The molecule has 0 aromatic rings. The summed E-state index contributed by atoms with van der Waals surface area (Å²) in [5, 5.41) is 2.66. The number of ketones is 1. The Kier molecular flexibility index (Phi) is 4.96. The molecule has 0 radical (unpaired) electrons. The van der Waals surface area contributed by atoms with Gasteiger partial charge in [-0.1, -0.05) is 32.1 Å². The summed E-state index contributed by atoms with van der Waals surface area (Å²) in [4.78, 5) is 23.1. The van der Waals surface area contributed by atoms with Crippen LogP contribution in [0.3, 0.4) is 0 Å². The van der Waals surface area contributed by atoms with Crippen LogP contribution in [0.25, 0.3) is 0 Å². The van der Waals surface area contributed by atoms with Gasteiger partial charge >= 0.3 is 0 Å². The van der Waals surface area contributed by atoms with Gasteiger partial charge in [-0.2, -0.15) is 0 Å². The fraction of sp³-hybridized carbons (Fsp3) is 0.538. The minimum absolute atomic E-state index is 0.0242. The normalized spacial score (nSPS) is 16.5. The van der Waals surface area contributed by atoms with Gasteiger partial charge in [0.1, 0.15) is 0 Å². The first-order valence-corrected chi connectivity index (χ1v) is 5.82. The van der Waals surface area contributed by atoms with Gasteiger partial charge in [0.05, 0.1) is 6.54 Å². The standard InChI is InChI=1S/C13H19NO2/c1-3-10(2)12(15)9-14-13(16)11-7-5-4-6-8-11/h5,7-8,10H,3-4,6,9H2,1-2H3,(H,14,16). The quantitative estimate of drug-likeness (QED) is 0.771. The summed E-state index contributed by atoms with van der Waals surface area (Å²) in [5.41, 5.74) is 0.670. The van der Waals surface area contributed by atoms with Gasteiger partial charge in [-0.3, -0.25) is 9.59 Å². The maximum atomic E-state index is 11.6. The Balaban J connectivity index is 2.38. The van der Waals surface area contributed by atoms with Crippen molar-refractivity contribution in [1.29, 1.82) is 0 Å². The smallest absolute Gasteiger partial charge is 0.251 e. The van der Waals surface area contributed by atoms with Crippen molar-refractivity contribution in [2.45, 2.75) is 33.1 Å². The second-order valence-corrected chi connectivity index (χ2v) is 4.10. The van der Waals surface area contributed by atoms with Gasteiger partial charge in [-0.05, 0) is 19.3 Å². The van der Waals surface area contributed by atoms with E-state index in [1.54, 1.807) is 0 Å². The SMILES string of the molecule is CCC(C)C(=O)CNC(=O)C1=CCCC=C1. The molecule has 1 aliphatic rings. The Bertz CT molecular complexity index is 329. The lowest BCUT2D eigenvalue weighted by Crippen LogP contribution is -2.32. The molecule has 1 atom stereocenters. The van der Waals surface area contributed by atoms with E-state index in [1.165, 1.54) is 0 Å². The van der Waals surface area contributed by atoms with Crippen molar-refractivity contribution in [1.82, 2.24) is 5.32 Å². The molecule has 88 valence electrons. The highest BCUT2D eigenvalue weighted by Gasteiger charge is 2.13. The molecule has 0 aromatic carbocycles. The van der Waals surface area contributed by atoms with Crippen LogP contribution in [0.15, 0.2) is 23.8 Å². The number of hydrogen-bond donors (Lipinski definition) is 1. The summed E-state index contributed by atoms with van der Waals surface area (Å²) in [7, 11) is 0. The van der Waals surface area contributed by atoms with E-state index in [0.717, 1.165) is 19.3 Å². The molecule has 1 N–H and O–H groups in total. The van der Waals surface area contributed by atoms with Crippen molar-refractivity contribution in [3.63, 3.8) is 0 Å². The fourth-order valence-corrected chi connectivity index (χ4v) is 1.45. The summed E-state index contributed by atoms with van der Waals surface area (Å²) in [6, 6.07) is 0. The molecule has 0 fully saturated rings. The van der Waals surface area contributed by atoms with E-state index in [9.17, 15) is 9.59 Å². The van der Waals surface area contributed by atoms with Gasteiger partial charge in [0, 0.05) is 11.5 Å². The Morgan fingerprint density at radius 3 is 2.75 bits per heavy atom. The number of carbonyl (C=O) groups excluding carboxylic acids is 2. The number of carbonyl (C=O) groups is 2. The Morgan fingerprint density at radius 1 is 1.44 bits per heavy atom. The Labute approximate surface area is 96.6 Å². The minimum atomic E-state index is -0.146. The molecule has 3 nitrogen and oxygen atoms in total. The summed E-state index contributed by atoms with van der Waals surface area (Å²) in [6.45, 7) is 3.99. The number of allylic oxidation sites excluding steroid dienone is 2. The molecule has 0 heterocycles. The summed E-state index contributed by atoms with van der Waals surface area (Å²) >= 11 is 0. The second-order valence-electron chi connectivity index (χ2n) is 4.10. The van der Waals surface area contributed by atoms with Gasteiger partial charge in [-0.15, -0.1) is 0 Å². The lowest BCUT2D eigenvalue weighted by Gasteiger charge is -2.10. The van der Waals surface area contributed by atoms with Crippen molar-refractivity contribution >= 4 is 11.7 Å². The van der Waals surface area contributed by atoms with Gasteiger partial charge in [0.25, 0.3) is 5.91 Å². The molecule has 3 heteroatoms. The van der Waals surface area contributed by atoms with Gasteiger partial charge in [-0.25, -0.2) is 0 Å². The van der Waals surface area contributed by atoms with Crippen LogP contribution >= 0.6 is 0 Å². The monoisotopic (exact) mass is 221 g/mol. The molecule has 0 saturated carbocycles. The molecule has 1 rings (SSSR count). The molecule has 0 saturated heterocycles. The molecule has 1 unspecified atom stereocenters. The zero-order valence-corrected chi connectivity index (χ0v) is 9.95. The summed E-state index contributed by atoms with van der Waals surface area (Å²) in [6.07, 6.45) is 8.40. The highest BCUT2D eigenvalue weighted by atomic mass is 16.2. The minimum Gasteiger partial charge on any atom is -0.345 e. The average molecular weight is 221 g/mol. The molecule has 16 heavy (non-hydrogen) atoms. The van der Waals surface area contributed by atoms with E-state index in [1.807, 2.05) is 32.1 Å². The van der Waals surface area contributed by atoms with Crippen LogP contribution in [-0.4, -0.2) is 18.2 Å². The highest BCUT2D eigenvalue weighted by Crippen LogP contribution is 2.09. The van der Waals surface area contributed by atoms with Gasteiger partial charge < -0.3 is 5.32 Å². The third kappa shape index (κ3) is 3.65. The van der Waals surface area contributed by atoms with Crippen LogP contribution in [0, 0.1) is 5.92 Å². The first-order chi connectivity index (χ1) is 7.65. The summed E-state index contributed by atoms with van der Waals surface area (Å²) < 4.78 is 0. The zero-order chi connectivity index (χ0) is 12.0. The van der Waals surface area contributed by atoms with Crippen LogP contribution in [0.4, 0.5) is 0 Å². The number of amides is 1. The first kappa shape index (κ1) is 12.7. The molecular weight excluding hydrogens is 202 g/mol. The zero-order valence-electron chi connectivity index (χ0n) is 9.95. The van der Waals surface area contributed by atoms with Crippen molar-refractivity contribution in [2.24, 2.45) is 5.92 Å². The molecule has 0 bridgehead atoms. The highest BCUT2D eigenvalue weighted by molar-refractivity contribution is 5.98. The second kappa shape index (κ2) is 6.26. The summed E-state index contributed by atoms with van der Waals surface area (Å²) in [5.74, 6) is -0.0278. The van der Waals surface area contributed by atoms with E-state index in [0.29, 0.717) is 5.57 Å². The molecule has 1 amide bonds. The third-order valence-electron chi connectivity index (χ3n) is 2.84. The van der Waals surface area contributed by atoms with Crippen LogP contribution in [0.1, 0.15) is 33.1 Å². The van der Waals surface area contributed by atoms with Crippen LogP contribution < -0.4 is 5.32 Å². The van der Waals surface area contributed by atoms with Gasteiger partial charge in [0.15, 0.2) is 5.78 Å². The molecule has 0 aromatic heterocycles. The Morgan fingerprint density at radius 2 is 2.19 bits per heavy atom. The number of nitrogens with one attached hydrogen (secondary N) is 1. The lowest BCUT2D eigenvalue weighted by molar-refractivity contribution is -0.125. The van der Waals surface area contributed by atoms with E-state index in [2.05, 4.69) is 5.32 Å². The van der Waals surface area contributed by atoms with E-state index >= 15 is 0 Å². The first-order valence-electron chi connectivity index (χ1n) is 5.82. The van der Waals surface area contributed by atoms with Crippen molar-refractivity contribution in [2.75, 3.05) is 6.54 Å². The van der Waals surface area contributed by atoms with E-state index < -0.39 is 0 Å². The number of Topliss-reactive ketones (excluding diaryl/α,β-unsaturated/α-hetero) is 1. The largest absolute Gasteiger partial charge is 0.345 e. The molecule has 0 aliphatic heterocycles. The lowest BCUT2D eigenvalue weighted by atomic mass is 10.0. The number of hydrogen-bond acceptors (Lipinski definition) is 2. The van der Waals surface area contributed by atoms with Crippen LogP contribution in [0.5, 0.6) is 0 Å². The van der Waals surface area contributed by atoms with Crippen molar-refractivity contribution in [3.05, 3.63) is 23.8 Å². The van der Waals surface area contributed by atoms with Crippen LogP contribution in [0.2, 0.25) is 0 Å². The predicted molar refractivity (Wildman–Crippen MR) is 63.9 cm³/mol. The maximum absolute atomic E-state index is 11.6. The average Bonchev–Trinajstić information content (AvgIpc) is 2.35. The van der Waals surface area contributed by atoms with Crippen molar-refractivity contribution in [3.8, 4) is 0 Å². The molecule has 1 aliphatic carbocycles. The van der Waals surface area contributed by atoms with E-state index in [4.69, 9.17) is 0 Å². The van der Waals surface area contributed by atoms with Crippen molar-refractivity contribution < 1.29 is 9.59 Å². The maximum Gasteiger partial charge on any atom is 0.251 e. The Hall–Kier alpha value is -1.38. The van der Waals surface area contributed by atoms with Gasteiger partial charge in [0.2, 0.25) is 0 Å². The van der Waals surface area contributed by atoms with E-state index in [-0.39, 0.29) is 24.2 Å².